The fourth-order valence-corrected chi connectivity index (χ4v) is 1.98. The van der Waals surface area contributed by atoms with Crippen LogP contribution in [0.1, 0.15) is 12.0 Å². The Morgan fingerprint density at radius 2 is 2.38 bits per heavy atom. The Kier molecular flexibility index (Phi) is 5.11. The third-order valence-corrected chi connectivity index (χ3v) is 2.84. The van der Waals surface area contributed by atoms with Gasteiger partial charge in [-0.05, 0) is 28.8 Å². The lowest BCUT2D eigenvalue weighted by atomic mass is 10.2. The van der Waals surface area contributed by atoms with Crippen molar-refractivity contribution in [3.8, 4) is 18.4 Å². The summed E-state index contributed by atoms with van der Waals surface area (Å²) in [4.78, 5) is 13.1. The van der Waals surface area contributed by atoms with Gasteiger partial charge in [0.25, 0.3) is 0 Å². The number of carbonyl (C=O) groups excluding carboxylic acids is 1. The molecule has 0 unspecified atom stereocenters. The Hall–Kier alpha value is -1.78. The van der Waals surface area contributed by atoms with Crippen molar-refractivity contribution in [2.45, 2.75) is 12.8 Å². The van der Waals surface area contributed by atoms with E-state index in [1.807, 2.05) is 22.9 Å². The summed E-state index contributed by atoms with van der Waals surface area (Å²) >= 11 is 1.61. The predicted molar refractivity (Wildman–Crippen MR) is 63.7 cm³/mol. The molecule has 3 nitrogen and oxygen atoms in total. The molecule has 1 rings (SSSR count). The molecule has 1 aromatic rings. The van der Waals surface area contributed by atoms with Crippen molar-refractivity contribution in [3.63, 3.8) is 0 Å². The number of amides is 1. The molecule has 0 aromatic carbocycles. The number of nitriles is 1. The molecule has 0 aliphatic carbocycles. The van der Waals surface area contributed by atoms with Crippen molar-refractivity contribution >= 4 is 17.2 Å². The zero-order chi connectivity index (χ0) is 11.8. The minimum atomic E-state index is -0.0642. The molecule has 0 bridgehead atoms. The van der Waals surface area contributed by atoms with Gasteiger partial charge in [-0.1, -0.05) is 5.92 Å². The van der Waals surface area contributed by atoms with Crippen LogP contribution in [0.4, 0.5) is 0 Å². The van der Waals surface area contributed by atoms with Crippen LogP contribution in [0.5, 0.6) is 0 Å². The average Bonchev–Trinajstić information content (AvgIpc) is 2.78. The SMILES string of the molecule is C#CCN(CC#N)C(=O)CCc1ccsc1. The quantitative estimate of drug-likeness (QED) is 0.572. The summed E-state index contributed by atoms with van der Waals surface area (Å²) in [5, 5.41) is 12.6. The zero-order valence-electron chi connectivity index (χ0n) is 8.85. The lowest BCUT2D eigenvalue weighted by Crippen LogP contribution is -2.31. The molecule has 0 fully saturated rings. The molecule has 0 aliphatic heterocycles. The minimum absolute atomic E-state index is 0.0622. The van der Waals surface area contributed by atoms with Gasteiger partial charge in [-0.25, -0.2) is 0 Å². The fourth-order valence-electron chi connectivity index (χ4n) is 1.27. The first kappa shape index (κ1) is 12.3. The van der Waals surface area contributed by atoms with Crippen molar-refractivity contribution in [2.24, 2.45) is 0 Å². The topological polar surface area (TPSA) is 44.1 Å². The van der Waals surface area contributed by atoms with E-state index in [1.54, 1.807) is 11.3 Å². The number of terminal acetylenes is 1. The van der Waals surface area contributed by atoms with E-state index < -0.39 is 0 Å². The second kappa shape index (κ2) is 6.66. The van der Waals surface area contributed by atoms with Crippen molar-refractivity contribution < 1.29 is 4.79 Å². The van der Waals surface area contributed by atoms with Crippen LogP contribution in [-0.4, -0.2) is 23.9 Å². The first-order valence-electron chi connectivity index (χ1n) is 4.87. The first-order valence-corrected chi connectivity index (χ1v) is 5.81. The van der Waals surface area contributed by atoms with Gasteiger partial charge in [0.2, 0.25) is 5.91 Å². The largest absolute Gasteiger partial charge is 0.318 e. The standard InChI is InChI=1S/C12H12N2OS/c1-2-7-14(8-6-13)12(15)4-3-11-5-9-16-10-11/h1,5,9-10H,3-4,7-8H2. The molecule has 4 heteroatoms. The molecule has 1 amide bonds. The molecule has 82 valence electrons. The number of carbonyl (C=O) groups is 1. The molecule has 0 atom stereocenters. The maximum Gasteiger partial charge on any atom is 0.224 e. The summed E-state index contributed by atoms with van der Waals surface area (Å²) in [6, 6.07) is 3.93. The van der Waals surface area contributed by atoms with Gasteiger partial charge in [0.05, 0.1) is 12.6 Å². The Morgan fingerprint density at radius 1 is 1.56 bits per heavy atom. The molecule has 1 aromatic heterocycles. The third-order valence-electron chi connectivity index (χ3n) is 2.10. The molecule has 16 heavy (non-hydrogen) atoms. The number of nitrogens with zero attached hydrogens (tertiary/aromatic N) is 2. The highest BCUT2D eigenvalue weighted by Gasteiger charge is 2.11. The number of thiophene rings is 1. The minimum Gasteiger partial charge on any atom is -0.318 e. The Balaban J connectivity index is 2.44. The van der Waals surface area contributed by atoms with Gasteiger partial charge in [-0.2, -0.15) is 16.6 Å². The lowest BCUT2D eigenvalue weighted by molar-refractivity contribution is -0.129. The Bertz CT molecular complexity index is 395. The van der Waals surface area contributed by atoms with E-state index in [-0.39, 0.29) is 19.0 Å². The van der Waals surface area contributed by atoms with Crippen molar-refractivity contribution in [1.29, 1.82) is 5.26 Å². The summed E-state index contributed by atoms with van der Waals surface area (Å²) in [6.45, 7) is 0.267. The van der Waals surface area contributed by atoms with Gasteiger partial charge < -0.3 is 4.90 Å². The first-order chi connectivity index (χ1) is 7.77. The number of rotatable bonds is 5. The summed E-state index contributed by atoms with van der Waals surface area (Å²) in [5.41, 5.74) is 1.15. The van der Waals surface area contributed by atoms with Crippen molar-refractivity contribution in [1.82, 2.24) is 4.90 Å². The van der Waals surface area contributed by atoms with Crippen LogP contribution in [0.2, 0.25) is 0 Å². The van der Waals surface area contributed by atoms with Crippen LogP contribution in [0, 0.1) is 23.7 Å². The maximum absolute atomic E-state index is 11.7. The van der Waals surface area contributed by atoms with Crippen molar-refractivity contribution in [3.05, 3.63) is 22.4 Å². The third kappa shape index (κ3) is 3.76. The van der Waals surface area contributed by atoms with Crippen LogP contribution in [0.3, 0.4) is 0 Å². The molecule has 0 spiro atoms. The molecule has 0 saturated heterocycles. The average molecular weight is 232 g/mol. The molecule has 0 radical (unpaired) electrons. The van der Waals surface area contributed by atoms with E-state index in [4.69, 9.17) is 11.7 Å². The summed E-state index contributed by atoms with van der Waals surface area (Å²) in [7, 11) is 0. The van der Waals surface area contributed by atoms with Crippen LogP contribution >= 0.6 is 11.3 Å². The number of hydrogen-bond acceptors (Lipinski definition) is 3. The van der Waals surface area contributed by atoms with Gasteiger partial charge in [0.1, 0.15) is 6.54 Å². The monoisotopic (exact) mass is 232 g/mol. The lowest BCUT2D eigenvalue weighted by Gasteiger charge is -2.15. The van der Waals surface area contributed by atoms with Crippen LogP contribution in [0.15, 0.2) is 16.8 Å². The van der Waals surface area contributed by atoms with Crippen molar-refractivity contribution in [2.75, 3.05) is 13.1 Å². The highest BCUT2D eigenvalue weighted by Crippen LogP contribution is 2.09. The Labute approximate surface area is 99.3 Å². The van der Waals surface area contributed by atoms with Gasteiger partial charge >= 0.3 is 0 Å². The second-order valence-electron chi connectivity index (χ2n) is 3.24. The summed E-state index contributed by atoms with van der Waals surface area (Å²) < 4.78 is 0. The molecular weight excluding hydrogens is 220 g/mol. The van der Waals surface area contributed by atoms with E-state index >= 15 is 0 Å². The van der Waals surface area contributed by atoms with Gasteiger partial charge in [0.15, 0.2) is 0 Å². The molecule has 0 saturated carbocycles. The second-order valence-corrected chi connectivity index (χ2v) is 4.02. The molecule has 0 aliphatic rings. The van der Waals surface area contributed by atoms with Gasteiger partial charge in [-0.15, -0.1) is 6.42 Å². The van der Waals surface area contributed by atoms with E-state index in [1.165, 1.54) is 4.90 Å². The van der Waals surface area contributed by atoms with Crippen LogP contribution in [-0.2, 0) is 11.2 Å². The summed E-state index contributed by atoms with van der Waals surface area (Å²) in [5.74, 6) is 2.32. The zero-order valence-corrected chi connectivity index (χ0v) is 9.67. The maximum atomic E-state index is 11.7. The number of aryl methyl sites for hydroxylation is 1. The molecule has 0 N–H and O–H groups in total. The predicted octanol–water partition coefficient (Wildman–Crippen LogP) is 1.67. The molecule has 1 heterocycles. The Morgan fingerprint density at radius 3 is 2.94 bits per heavy atom. The van der Waals surface area contributed by atoms with Crippen LogP contribution < -0.4 is 0 Å². The number of hydrogen-bond donors (Lipinski definition) is 0. The smallest absolute Gasteiger partial charge is 0.224 e. The van der Waals surface area contributed by atoms with E-state index in [0.717, 1.165) is 5.56 Å². The fraction of sp³-hybridized carbons (Fsp3) is 0.333. The van der Waals surface area contributed by atoms with Gasteiger partial charge in [0, 0.05) is 6.42 Å². The molecular formula is C12H12N2OS. The van der Waals surface area contributed by atoms with Crippen LogP contribution in [0.25, 0.3) is 0 Å². The van der Waals surface area contributed by atoms with E-state index in [0.29, 0.717) is 12.8 Å². The van der Waals surface area contributed by atoms with E-state index in [9.17, 15) is 4.79 Å². The van der Waals surface area contributed by atoms with E-state index in [2.05, 4.69) is 5.92 Å². The highest BCUT2D eigenvalue weighted by atomic mass is 32.1. The summed E-state index contributed by atoms with van der Waals surface area (Å²) in [6.07, 6.45) is 6.24. The normalized spacial score (nSPS) is 9.12. The van der Waals surface area contributed by atoms with Gasteiger partial charge in [-0.3, -0.25) is 4.79 Å². The highest BCUT2D eigenvalue weighted by molar-refractivity contribution is 7.07.